The quantitative estimate of drug-likeness (QED) is 0.382. The Morgan fingerprint density at radius 1 is 1.48 bits per heavy atom. The number of aromatic amines is 1. The van der Waals surface area contributed by atoms with E-state index in [1.165, 1.54) is 17.5 Å². The Morgan fingerprint density at radius 2 is 2.37 bits per heavy atom. The van der Waals surface area contributed by atoms with Crippen molar-refractivity contribution in [1.82, 2.24) is 34.3 Å². The molecule has 0 spiro atoms. The van der Waals surface area contributed by atoms with E-state index in [1.807, 2.05) is 9.95 Å². The number of carbonyl (C=O) groups is 1. The van der Waals surface area contributed by atoms with Gasteiger partial charge >= 0.3 is 0 Å². The van der Waals surface area contributed by atoms with E-state index in [0.29, 0.717) is 34.1 Å². The summed E-state index contributed by atoms with van der Waals surface area (Å²) in [7, 11) is 0. The lowest BCUT2D eigenvalue weighted by molar-refractivity contribution is 0.102. The molecule has 0 bridgehead atoms. The van der Waals surface area contributed by atoms with E-state index < -0.39 is 0 Å². The van der Waals surface area contributed by atoms with Gasteiger partial charge in [0.2, 0.25) is 0 Å². The fraction of sp³-hybridized carbons (Fsp3) is 0.125. The summed E-state index contributed by atoms with van der Waals surface area (Å²) in [6.07, 6.45) is 7.08. The lowest BCUT2D eigenvalue weighted by Crippen LogP contribution is -2.12. The Hall–Kier alpha value is -3.18. The van der Waals surface area contributed by atoms with E-state index in [1.54, 1.807) is 29.1 Å². The molecule has 0 saturated heterocycles. The van der Waals surface area contributed by atoms with Crippen LogP contribution in [0.2, 0.25) is 0 Å². The number of nitrogens with zero attached hydrogens (tertiary/aromatic N) is 6. The third-order valence-electron chi connectivity index (χ3n) is 3.78. The number of anilines is 1. The van der Waals surface area contributed by atoms with Gasteiger partial charge in [-0.15, -0.1) is 17.9 Å². The van der Waals surface area contributed by atoms with Gasteiger partial charge in [0.05, 0.1) is 18.3 Å². The van der Waals surface area contributed by atoms with Gasteiger partial charge in [-0.1, -0.05) is 6.08 Å². The van der Waals surface area contributed by atoms with Crippen LogP contribution in [-0.2, 0) is 13.0 Å². The normalized spacial score (nSPS) is 11.0. The van der Waals surface area contributed by atoms with Gasteiger partial charge < -0.3 is 0 Å². The molecule has 11 heteroatoms. The van der Waals surface area contributed by atoms with Crippen molar-refractivity contribution in [3.05, 3.63) is 64.5 Å². The third kappa shape index (κ3) is 3.41. The predicted octanol–water partition coefficient (Wildman–Crippen LogP) is 2.47. The van der Waals surface area contributed by atoms with Gasteiger partial charge in [-0.05, 0) is 18.3 Å². The summed E-state index contributed by atoms with van der Waals surface area (Å²) in [6, 6.07) is 1.75. The lowest BCUT2D eigenvalue weighted by Gasteiger charge is -2.02. The highest BCUT2D eigenvalue weighted by Crippen LogP contribution is 2.19. The van der Waals surface area contributed by atoms with E-state index in [9.17, 15) is 4.79 Å². The average Bonchev–Trinajstić information content (AvgIpc) is 3.37. The number of rotatable bonds is 6. The fourth-order valence-electron chi connectivity index (χ4n) is 2.56. The smallest absolute Gasteiger partial charge is 0.262 e. The molecule has 0 aliphatic carbocycles. The summed E-state index contributed by atoms with van der Waals surface area (Å²) >= 11 is 6.55. The zero-order valence-electron chi connectivity index (χ0n) is 14.0. The van der Waals surface area contributed by atoms with Crippen molar-refractivity contribution in [2.75, 3.05) is 5.32 Å². The number of fused-ring (bicyclic) bond motifs is 1. The maximum Gasteiger partial charge on any atom is 0.262 e. The second kappa shape index (κ2) is 7.21. The van der Waals surface area contributed by atoms with E-state index >= 15 is 0 Å². The van der Waals surface area contributed by atoms with Crippen LogP contribution in [0, 0.1) is 4.77 Å². The first-order valence-corrected chi connectivity index (χ1v) is 9.23. The first-order chi connectivity index (χ1) is 13.2. The summed E-state index contributed by atoms with van der Waals surface area (Å²) in [6.45, 7) is 4.30. The van der Waals surface area contributed by atoms with Crippen molar-refractivity contribution in [3.63, 3.8) is 0 Å². The van der Waals surface area contributed by atoms with Gasteiger partial charge in [-0.25, -0.2) is 14.5 Å². The van der Waals surface area contributed by atoms with Gasteiger partial charge in [0.1, 0.15) is 11.4 Å². The van der Waals surface area contributed by atoms with Gasteiger partial charge in [-0.3, -0.25) is 19.8 Å². The van der Waals surface area contributed by atoms with Crippen LogP contribution < -0.4 is 5.32 Å². The van der Waals surface area contributed by atoms with Gasteiger partial charge in [-0.2, -0.15) is 10.2 Å². The molecule has 0 fully saturated rings. The molecule has 0 saturated carbocycles. The van der Waals surface area contributed by atoms with Crippen LogP contribution in [0.5, 0.6) is 0 Å². The number of aromatic nitrogens is 7. The molecular formula is C16H14N8OS2. The van der Waals surface area contributed by atoms with Crippen LogP contribution in [-0.4, -0.2) is 40.3 Å². The Bertz CT molecular complexity index is 1180. The van der Waals surface area contributed by atoms with E-state index in [0.717, 1.165) is 11.5 Å². The minimum absolute atomic E-state index is 0.307. The first kappa shape index (κ1) is 17.2. The Balaban J connectivity index is 1.51. The molecular weight excluding hydrogens is 384 g/mol. The summed E-state index contributed by atoms with van der Waals surface area (Å²) in [5.41, 5.74) is 1.67. The van der Waals surface area contributed by atoms with Crippen molar-refractivity contribution >= 4 is 40.2 Å². The summed E-state index contributed by atoms with van der Waals surface area (Å²) in [4.78, 5) is 21.2. The largest absolute Gasteiger partial charge is 0.300 e. The molecule has 4 rings (SSSR count). The topological polar surface area (TPSA) is 106 Å². The second-order valence-corrected chi connectivity index (χ2v) is 6.81. The monoisotopic (exact) mass is 398 g/mol. The van der Waals surface area contributed by atoms with Gasteiger partial charge in [0.25, 0.3) is 5.91 Å². The molecule has 136 valence electrons. The predicted molar refractivity (Wildman–Crippen MR) is 103 cm³/mol. The zero-order chi connectivity index (χ0) is 18.8. The first-order valence-electron chi connectivity index (χ1n) is 7.95. The van der Waals surface area contributed by atoms with Crippen molar-refractivity contribution in [2.45, 2.75) is 13.0 Å². The summed E-state index contributed by atoms with van der Waals surface area (Å²) in [5.74, 6) is 0.453. The maximum absolute atomic E-state index is 12.5. The molecule has 0 unspecified atom stereocenters. The van der Waals surface area contributed by atoms with Crippen molar-refractivity contribution in [1.29, 1.82) is 0 Å². The molecule has 2 N–H and O–H groups in total. The van der Waals surface area contributed by atoms with Crippen LogP contribution in [0.4, 0.5) is 5.13 Å². The zero-order valence-corrected chi connectivity index (χ0v) is 15.6. The van der Waals surface area contributed by atoms with Crippen LogP contribution >= 0.6 is 23.6 Å². The van der Waals surface area contributed by atoms with E-state index in [4.69, 9.17) is 12.2 Å². The average molecular weight is 398 g/mol. The number of amides is 1. The van der Waals surface area contributed by atoms with E-state index in [-0.39, 0.29) is 5.91 Å². The third-order valence-corrected chi connectivity index (χ3v) is 4.90. The summed E-state index contributed by atoms with van der Waals surface area (Å²) in [5, 5.41) is 16.3. The standard InChI is InChI=1S/C16H14N8OS2/c1-2-5-23-12(21-22-16(23)26)7-10-9-27-15(19-10)20-14(25)11-8-18-24-6-3-4-17-13(11)24/h2-4,6,8-9H,1,5,7H2,(H,22,26)(H,19,20,25). The second-order valence-electron chi connectivity index (χ2n) is 5.57. The van der Waals surface area contributed by atoms with Crippen molar-refractivity contribution in [2.24, 2.45) is 0 Å². The lowest BCUT2D eigenvalue weighted by atomic mass is 10.3. The number of allylic oxidation sites excluding steroid dienone is 1. The van der Waals surface area contributed by atoms with Crippen molar-refractivity contribution in [3.8, 4) is 0 Å². The molecule has 0 aliphatic rings. The number of carbonyl (C=O) groups excluding carboxylic acids is 1. The number of nitrogens with one attached hydrogen (secondary N) is 2. The summed E-state index contributed by atoms with van der Waals surface area (Å²) < 4.78 is 3.93. The molecule has 9 nitrogen and oxygen atoms in total. The molecule has 4 aromatic rings. The Morgan fingerprint density at radius 3 is 3.22 bits per heavy atom. The number of hydrogen-bond acceptors (Lipinski definition) is 7. The van der Waals surface area contributed by atoms with E-state index in [2.05, 4.69) is 37.2 Å². The van der Waals surface area contributed by atoms with Crippen molar-refractivity contribution < 1.29 is 4.79 Å². The highest BCUT2D eigenvalue weighted by molar-refractivity contribution is 7.71. The van der Waals surface area contributed by atoms with Gasteiger partial charge in [0.15, 0.2) is 15.5 Å². The molecule has 4 aromatic heterocycles. The van der Waals surface area contributed by atoms with Gasteiger partial charge in [0, 0.05) is 24.3 Å². The molecule has 4 heterocycles. The molecule has 0 aliphatic heterocycles. The number of hydrogen-bond donors (Lipinski definition) is 2. The molecule has 0 atom stereocenters. The van der Waals surface area contributed by atoms with Crippen LogP contribution in [0.3, 0.4) is 0 Å². The SMILES string of the molecule is C=CCn1c(Cc2csc(NC(=O)c3cnn4cccnc34)n2)n[nH]c1=S. The molecule has 1 amide bonds. The highest BCUT2D eigenvalue weighted by Gasteiger charge is 2.16. The van der Waals surface area contributed by atoms with Crippen LogP contribution in [0.15, 0.2) is 42.7 Å². The fourth-order valence-corrected chi connectivity index (χ4v) is 3.49. The minimum Gasteiger partial charge on any atom is -0.300 e. The molecule has 0 aromatic carbocycles. The molecule has 0 radical (unpaired) electrons. The Labute approximate surface area is 162 Å². The van der Waals surface area contributed by atoms with Crippen LogP contribution in [0.1, 0.15) is 21.9 Å². The number of H-pyrrole nitrogens is 1. The van der Waals surface area contributed by atoms with Crippen LogP contribution in [0.25, 0.3) is 5.65 Å². The minimum atomic E-state index is -0.307. The highest BCUT2D eigenvalue weighted by atomic mass is 32.1. The molecule has 27 heavy (non-hydrogen) atoms. The Kier molecular flexibility index (Phi) is 4.60. The maximum atomic E-state index is 12.5. The number of thiazole rings is 1.